The maximum Gasteiger partial charge on any atom is 0.303 e. The molecule has 0 amide bonds. The molecule has 142 valence electrons. The lowest BCUT2D eigenvalue weighted by molar-refractivity contribution is -0.137. The third-order valence-electron chi connectivity index (χ3n) is 4.85. The summed E-state index contributed by atoms with van der Waals surface area (Å²) in [5.41, 5.74) is -0.158. The first kappa shape index (κ1) is 20.2. The topological polar surface area (TPSA) is 54.4 Å². The molecule has 0 saturated heterocycles. The molecule has 1 N–H and O–H groups in total. The van der Waals surface area contributed by atoms with Gasteiger partial charge in [-0.2, -0.15) is 0 Å². The molecule has 6 heteroatoms. The Kier molecular flexibility index (Phi) is 7.42. The van der Waals surface area contributed by atoms with Crippen molar-refractivity contribution >= 4 is 17.8 Å². The largest absolute Gasteiger partial charge is 0.481 e. The zero-order valence-corrected chi connectivity index (χ0v) is 14.5. The van der Waals surface area contributed by atoms with Crippen molar-refractivity contribution in [3.63, 3.8) is 0 Å². The van der Waals surface area contributed by atoms with E-state index >= 15 is 0 Å². The first-order valence-corrected chi connectivity index (χ1v) is 8.95. The Hall–Kier alpha value is -2.11. The fourth-order valence-electron chi connectivity index (χ4n) is 3.46. The molecule has 1 fully saturated rings. The maximum atomic E-state index is 13.7. The quantitative estimate of drug-likeness (QED) is 0.485. The SMILES string of the molecule is O=C(O)CCCCCC[C@@H]1C(=O)CC[C@H]1C=Cc1cc(F)cc(F)c1F. The number of rotatable bonds is 9. The Balaban J connectivity index is 1.90. The van der Waals surface area contributed by atoms with Gasteiger partial charge >= 0.3 is 5.97 Å². The monoisotopic (exact) mass is 368 g/mol. The minimum Gasteiger partial charge on any atom is -0.481 e. The van der Waals surface area contributed by atoms with Gasteiger partial charge in [-0.15, -0.1) is 0 Å². The highest BCUT2D eigenvalue weighted by atomic mass is 19.2. The first-order chi connectivity index (χ1) is 12.4. The third kappa shape index (κ3) is 5.71. The summed E-state index contributed by atoms with van der Waals surface area (Å²) in [5.74, 6) is -4.03. The Morgan fingerprint density at radius 3 is 2.62 bits per heavy atom. The molecule has 2 atom stereocenters. The Labute approximate surface area is 150 Å². The van der Waals surface area contributed by atoms with Gasteiger partial charge in [-0.25, -0.2) is 13.2 Å². The van der Waals surface area contributed by atoms with Crippen molar-refractivity contribution < 1.29 is 27.9 Å². The number of ketones is 1. The number of carboxylic acid groups (broad SMARTS) is 1. The fourth-order valence-corrected chi connectivity index (χ4v) is 3.46. The minimum absolute atomic E-state index is 0.0627. The lowest BCUT2D eigenvalue weighted by Gasteiger charge is -2.15. The molecule has 1 aliphatic rings. The standard InChI is InChI=1S/C20H23F3O3/c21-15-11-14(20(23)17(22)12-15)8-7-13-9-10-18(24)16(13)5-3-1-2-4-6-19(25)26/h7-8,11-13,16H,1-6,9-10H2,(H,25,26)/t13-,16+/m1/s1. The van der Waals surface area contributed by atoms with Gasteiger partial charge < -0.3 is 5.11 Å². The maximum absolute atomic E-state index is 13.7. The second-order valence-corrected chi connectivity index (χ2v) is 6.77. The third-order valence-corrected chi connectivity index (χ3v) is 4.85. The summed E-state index contributed by atoms with van der Waals surface area (Å²) in [6.45, 7) is 0. The van der Waals surface area contributed by atoms with Crippen LogP contribution in [-0.2, 0) is 9.59 Å². The first-order valence-electron chi connectivity index (χ1n) is 8.95. The number of hydrogen-bond acceptors (Lipinski definition) is 2. The van der Waals surface area contributed by atoms with Crippen molar-refractivity contribution in [1.82, 2.24) is 0 Å². The van der Waals surface area contributed by atoms with Gasteiger partial charge in [0.15, 0.2) is 11.6 Å². The van der Waals surface area contributed by atoms with E-state index in [2.05, 4.69) is 0 Å². The summed E-state index contributed by atoms with van der Waals surface area (Å²) in [7, 11) is 0. The molecule has 0 aromatic heterocycles. The van der Waals surface area contributed by atoms with Crippen LogP contribution >= 0.6 is 0 Å². The average molecular weight is 368 g/mol. The minimum atomic E-state index is -1.23. The summed E-state index contributed by atoms with van der Waals surface area (Å²) in [5, 5.41) is 8.59. The number of hydrogen-bond donors (Lipinski definition) is 1. The van der Waals surface area contributed by atoms with Crippen LogP contribution in [0.15, 0.2) is 18.2 Å². The van der Waals surface area contributed by atoms with E-state index in [0.717, 1.165) is 25.3 Å². The average Bonchev–Trinajstić information content (AvgIpc) is 2.92. The number of Topliss-reactive ketones (excluding diaryl/α,β-unsaturated/α-hetero) is 1. The van der Waals surface area contributed by atoms with Gasteiger partial charge in [0.25, 0.3) is 0 Å². The van der Waals surface area contributed by atoms with Crippen LogP contribution in [0.4, 0.5) is 13.2 Å². The molecule has 0 radical (unpaired) electrons. The lowest BCUT2D eigenvalue weighted by Crippen LogP contribution is -2.13. The molecular formula is C20H23F3O3. The van der Waals surface area contributed by atoms with E-state index in [9.17, 15) is 22.8 Å². The predicted molar refractivity (Wildman–Crippen MR) is 91.9 cm³/mol. The van der Waals surface area contributed by atoms with Crippen LogP contribution in [0, 0.1) is 29.3 Å². The lowest BCUT2D eigenvalue weighted by atomic mass is 9.89. The number of carbonyl (C=O) groups excluding carboxylic acids is 1. The van der Waals surface area contributed by atoms with Crippen molar-refractivity contribution in [2.75, 3.05) is 0 Å². The van der Waals surface area contributed by atoms with E-state index in [1.807, 2.05) is 0 Å². The summed E-state index contributed by atoms with van der Waals surface area (Å²) < 4.78 is 40.2. The van der Waals surface area contributed by atoms with E-state index in [1.165, 1.54) is 6.08 Å². The summed E-state index contributed by atoms with van der Waals surface area (Å²) in [4.78, 5) is 22.5. The van der Waals surface area contributed by atoms with E-state index in [0.29, 0.717) is 31.7 Å². The van der Waals surface area contributed by atoms with Crippen LogP contribution in [0.1, 0.15) is 56.9 Å². The molecule has 0 heterocycles. The van der Waals surface area contributed by atoms with Crippen LogP contribution in [0.2, 0.25) is 0 Å². The van der Waals surface area contributed by atoms with Gasteiger partial charge in [0, 0.05) is 30.4 Å². The van der Waals surface area contributed by atoms with Crippen molar-refractivity contribution in [2.24, 2.45) is 11.8 Å². The number of aliphatic carboxylic acids is 1. The zero-order chi connectivity index (χ0) is 19.1. The number of benzene rings is 1. The van der Waals surface area contributed by atoms with Gasteiger partial charge in [-0.1, -0.05) is 31.4 Å². The van der Waals surface area contributed by atoms with Crippen molar-refractivity contribution in [3.8, 4) is 0 Å². The van der Waals surface area contributed by atoms with E-state index in [1.54, 1.807) is 6.08 Å². The molecule has 2 rings (SSSR count). The molecule has 1 aliphatic carbocycles. The zero-order valence-electron chi connectivity index (χ0n) is 14.5. The fraction of sp³-hybridized carbons (Fsp3) is 0.500. The molecular weight excluding hydrogens is 345 g/mol. The van der Waals surface area contributed by atoms with Gasteiger partial charge in [-0.05, 0) is 31.2 Å². The van der Waals surface area contributed by atoms with Gasteiger partial charge in [0.05, 0.1) is 0 Å². The molecule has 0 bridgehead atoms. The normalized spacial score (nSPS) is 20.2. The highest BCUT2D eigenvalue weighted by Crippen LogP contribution is 2.34. The molecule has 0 spiro atoms. The van der Waals surface area contributed by atoms with Gasteiger partial charge in [0.1, 0.15) is 11.6 Å². The summed E-state index contributed by atoms with van der Waals surface area (Å²) in [6, 6.07) is 1.43. The molecule has 3 nitrogen and oxygen atoms in total. The molecule has 1 aromatic rings. The number of halogens is 3. The number of carbonyl (C=O) groups is 2. The summed E-state index contributed by atoms with van der Waals surface area (Å²) in [6.07, 6.45) is 8.10. The Morgan fingerprint density at radius 1 is 1.15 bits per heavy atom. The van der Waals surface area contributed by atoms with E-state index < -0.39 is 23.4 Å². The molecule has 1 saturated carbocycles. The number of carboxylic acids is 1. The van der Waals surface area contributed by atoms with Crippen LogP contribution in [-0.4, -0.2) is 16.9 Å². The summed E-state index contributed by atoms with van der Waals surface area (Å²) >= 11 is 0. The van der Waals surface area contributed by atoms with E-state index in [-0.39, 0.29) is 29.6 Å². The molecule has 1 aromatic carbocycles. The number of allylic oxidation sites excluding steroid dienone is 1. The molecule has 26 heavy (non-hydrogen) atoms. The van der Waals surface area contributed by atoms with Crippen LogP contribution in [0.3, 0.4) is 0 Å². The number of unbranched alkanes of at least 4 members (excludes halogenated alkanes) is 3. The highest BCUT2D eigenvalue weighted by molar-refractivity contribution is 5.84. The second-order valence-electron chi connectivity index (χ2n) is 6.77. The Morgan fingerprint density at radius 2 is 1.88 bits per heavy atom. The van der Waals surface area contributed by atoms with E-state index in [4.69, 9.17) is 5.11 Å². The van der Waals surface area contributed by atoms with Gasteiger partial charge in [0.2, 0.25) is 0 Å². The van der Waals surface area contributed by atoms with Crippen LogP contribution in [0.5, 0.6) is 0 Å². The second kappa shape index (κ2) is 9.55. The smallest absolute Gasteiger partial charge is 0.303 e. The van der Waals surface area contributed by atoms with Crippen LogP contribution < -0.4 is 0 Å². The van der Waals surface area contributed by atoms with Crippen molar-refractivity contribution in [1.29, 1.82) is 0 Å². The van der Waals surface area contributed by atoms with Crippen molar-refractivity contribution in [2.45, 2.75) is 51.4 Å². The predicted octanol–water partition coefficient (Wildman–Crippen LogP) is 5.14. The van der Waals surface area contributed by atoms with Gasteiger partial charge in [-0.3, -0.25) is 9.59 Å². The highest BCUT2D eigenvalue weighted by Gasteiger charge is 2.32. The van der Waals surface area contributed by atoms with Crippen molar-refractivity contribution in [3.05, 3.63) is 41.2 Å². The molecule has 0 unspecified atom stereocenters. The Bertz CT molecular complexity index is 685. The van der Waals surface area contributed by atoms with Crippen LogP contribution in [0.25, 0.3) is 6.08 Å². The molecule has 0 aliphatic heterocycles.